The second-order valence-corrected chi connectivity index (χ2v) is 6.80. The summed E-state index contributed by atoms with van der Waals surface area (Å²) in [5.74, 6) is -2.43. The Labute approximate surface area is 167 Å². The van der Waals surface area contributed by atoms with Crippen molar-refractivity contribution < 1.29 is 27.9 Å². The van der Waals surface area contributed by atoms with Crippen molar-refractivity contribution in [3.05, 3.63) is 59.7 Å². The third kappa shape index (κ3) is 9.25. The van der Waals surface area contributed by atoms with Crippen molar-refractivity contribution in [2.45, 2.75) is 33.0 Å². The number of primary amides is 1. The van der Waals surface area contributed by atoms with Crippen LogP contribution in [0.15, 0.2) is 48.5 Å². The van der Waals surface area contributed by atoms with Crippen molar-refractivity contribution in [3.8, 4) is 11.1 Å². The summed E-state index contributed by atoms with van der Waals surface area (Å²) in [4.78, 5) is 20.0. The molecule has 29 heavy (non-hydrogen) atoms. The first-order valence-electron chi connectivity index (χ1n) is 9.00. The monoisotopic (exact) mass is 410 g/mol. The van der Waals surface area contributed by atoms with E-state index in [1.807, 2.05) is 12.1 Å². The fourth-order valence-electron chi connectivity index (χ4n) is 2.31. The Kier molecular flexibility index (Phi) is 9.34. The van der Waals surface area contributed by atoms with Crippen LogP contribution in [0.3, 0.4) is 0 Å². The van der Waals surface area contributed by atoms with E-state index >= 15 is 0 Å². The van der Waals surface area contributed by atoms with Gasteiger partial charge >= 0.3 is 12.1 Å². The molecule has 2 aromatic carbocycles. The van der Waals surface area contributed by atoms with Crippen LogP contribution in [0, 0.1) is 5.92 Å². The number of carboxylic acid groups (broad SMARTS) is 1. The molecule has 8 heteroatoms. The van der Waals surface area contributed by atoms with Crippen molar-refractivity contribution in [2.24, 2.45) is 11.7 Å². The van der Waals surface area contributed by atoms with Gasteiger partial charge < -0.3 is 16.2 Å². The number of alkyl halides is 3. The van der Waals surface area contributed by atoms with Crippen LogP contribution in [-0.4, -0.2) is 29.7 Å². The molecule has 0 aliphatic rings. The van der Waals surface area contributed by atoms with Gasteiger partial charge in [-0.25, -0.2) is 4.79 Å². The maximum atomic E-state index is 11.1. The normalized spacial score (nSPS) is 11.0. The molecule has 4 N–H and O–H groups in total. The Bertz CT molecular complexity index is 804. The van der Waals surface area contributed by atoms with Crippen LogP contribution in [0.25, 0.3) is 11.1 Å². The van der Waals surface area contributed by atoms with E-state index in [-0.39, 0.29) is 0 Å². The maximum absolute atomic E-state index is 11.1. The molecule has 0 aliphatic heterocycles. The molecular formula is C21H25F3N2O3. The topological polar surface area (TPSA) is 92.4 Å². The van der Waals surface area contributed by atoms with Gasteiger partial charge in [0.05, 0.1) is 0 Å². The highest BCUT2D eigenvalue weighted by atomic mass is 19.4. The lowest BCUT2D eigenvalue weighted by Gasteiger charge is -2.09. The van der Waals surface area contributed by atoms with Crippen LogP contribution in [0.2, 0.25) is 0 Å². The highest BCUT2D eigenvalue weighted by Crippen LogP contribution is 2.21. The minimum absolute atomic E-state index is 0.394. The standard InChI is InChI=1S/C19H24N2O.C2HF3O2/c1-14(2)10-11-21-13-15-4-3-5-18(12-15)16-6-8-17(9-7-16)19(20)22;3-2(4,5)1(6)7/h3-9,12,14,21H,10-11,13H2,1-2H3,(H2,20,22);(H,6,7). The molecule has 5 nitrogen and oxygen atoms in total. The highest BCUT2D eigenvalue weighted by molar-refractivity contribution is 5.93. The number of carbonyl (C=O) groups excluding carboxylic acids is 1. The Balaban J connectivity index is 0.000000516. The molecule has 0 atom stereocenters. The van der Waals surface area contributed by atoms with E-state index in [1.165, 1.54) is 12.0 Å². The first kappa shape index (κ1) is 24.2. The summed E-state index contributed by atoms with van der Waals surface area (Å²) in [5, 5.41) is 10.6. The summed E-state index contributed by atoms with van der Waals surface area (Å²) >= 11 is 0. The molecule has 0 radical (unpaired) electrons. The number of rotatable bonds is 7. The first-order valence-corrected chi connectivity index (χ1v) is 9.00. The SMILES string of the molecule is CC(C)CCNCc1cccc(-c2ccc(C(N)=O)cc2)c1.O=C(O)C(F)(F)F. The van der Waals surface area contributed by atoms with Gasteiger partial charge in [-0.15, -0.1) is 0 Å². The molecule has 0 aromatic heterocycles. The van der Waals surface area contributed by atoms with Gasteiger partial charge in [0, 0.05) is 12.1 Å². The number of hydrogen-bond donors (Lipinski definition) is 3. The van der Waals surface area contributed by atoms with E-state index in [9.17, 15) is 18.0 Å². The fraction of sp³-hybridized carbons (Fsp3) is 0.333. The average Bonchev–Trinajstić information content (AvgIpc) is 2.65. The molecule has 158 valence electrons. The molecular weight excluding hydrogens is 385 g/mol. The minimum atomic E-state index is -5.08. The lowest BCUT2D eigenvalue weighted by molar-refractivity contribution is -0.192. The molecule has 0 spiro atoms. The van der Waals surface area contributed by atoms with Crippen molar-refractivity contribution >= 4 is 11.9 Å². The molecule has 0 unspecified atom stereocenters. The number of nitrogens with two attached hydrogens (primary N) is 1. The Hall–Kier alpha value is -2.87. The Morgan fingerprint density at radius 1 is 1.07 bits per heavy atom. The van der Waals surface area contributed by atoms with Gasteiger partial charge in [0.25, 0.3) is 0 Å². The molecule has 0 saturated carbocycles. The van der Waals surface area contributed by atoms with E-state index in [0.717, 1.165) is 30.1 Å². The number of aliphatic carboxylic acids is 1. The smallest absolute Gasteiger partial charge is 0.475 e. The molecule has 2 aromatic rings. The van der Waals surface area contributed by atoms with Gasteiger partial charge in [-0.2, -0.15) is 13.2 Å². The van der Waals surface area contributed by atoms with E-state index in [1.54, 1.807) is 12.1 Å². The predicted octanol–water partition coefficient (Wildman–Crippen LogP) is 4.22. The minimum Gasteiger partial charge on any atom is -0.475 e. The second kappa shape index (κ2) is 11.2. The van der Waals surface area contributed by atoms with Crippen LogP contribution < -0.4 is 11.1 Å². The van der Waals surface area contributed by atoms with Crippen LogP contribution in [0.4, 0.5) is 13.2 Å². The largest absolute Gasteiger partial charge is 0.490 e. The zero-order valence-corrected chi connectivity index (χ0v) is 16.3. The summed E-state index contributed by atoms with van der Waals surface area (Å²) in [7, 11) is 0. The average molecular weight is 410 g/mol. The highest BCUT2D eigenvalue weighted by Gasteiger charge is 2.38. The van der Waals surface area contributed by atoms with Crippen LogP contribution in [0.5, 0.6) is 0 Å². The van der Waals surface area contributed by atoms with Crippen molar-refractivity contribution in [1.29, 1.82) is 0 Å². The lowest BCUT2D eigenvalue weighted by Crippen LogP contribution is -2.21. The van der Waals surface area contributed by atoms with E-state index in [2.05, 4.69) is 43.4 Å². The molecule has 0 aliphatic carbocycles. The molecule has 0 heterocycles. The van der Waals surface area contributed by atoms with Crippen molar-refractivity contribution in [3.63, 3.8) is 0 Å². The number of nitrogens with one attached hydrogen (secondary N) is 1. The van der Waals surface area contributed by atoms with Gasteiger partial charge in [-0.3, -0.25) is 4.79 Å². The number of amides is 1. The maximum Gasteiger partial charge on any atom is 0.490 e. The number of hydrogen-bond acceptors (Lipinski definition) is 3. The zero-order valence-electron chi connectivity index (χ0n) is 16.3. The second-order valence-electron chi connectivity index (χ2n) is 6.80. The molecule has 2 rings (SSSR count). The summed E-state index contributed by atoms with van der Waals surface area (Å²) < 4.78 is 31.7. The van der Waals surface area contributed by atoms with Crippen molar-refractivity contribution in [1.82, 2.24) is 5.32 Å². The van der Waals surface area contributed by atoms with Gasteiger partial charge in [-0.05, 0) is 53.8 Å². The summed E-state index contributed by atoms with van der Waals surface area (Å²) in [6.07, 6.45) is -3.89. The molecule has 0 fully saturated rings. The lowest BCUT2D eigenvalue weighted by atomic mass is 10.0. The van der Waals surface area contributed by atoms with Crippen LogP contribution in [-0.2, 0) is 11.3 Å². The van der Waals surface area contributed by atoms with E-state index < -0.39 is 18.1 Å². The Morgan fingerprint density at radius 3 is 2.14 bits per heavy atom. The van der Waals surface area contributed by atoms with E-state index in [0.29, 0.717) is 5.56 Å². The fourth-order valence-corrected chi connectivity index (χ4v) is 2.31. The third-order valence-corrected chi connectivity index (χ3v) is 3.90. The number of benzene rings is 2. The molecule has 0 saturated heterocycles. The first-order chi connectivity index (χ1) is 13.5. The van der Waals surface area contributed by atoms with Gasteiger partial charge in [0.1, 0.15) is 0 Å². The predicted molar refractivity (Wildman–Crippen MR) is 105 cm³/mol. The number of carbonyl (C=O) groups is 2. The summed E-state index contributed by atoms with van der Waals surface area (Å²) in [6.45, 7) is 6.38. The molecule has 1 amide bonds. The molecule has 0 bridgehead atoms. The zero-order chi connectivity index (χ0) is 22.0. The van der Waals surface area contributed by atoms with Crippen molar-refractivity contribution in [2.75, 3.05) is 6.54 Å². The summed E-state index contributed by atoms with van der Waals surface area (Å²) in [6, 6.07) is 15.9. The summed E-state index contributed by atoms with van der Waals surface area (Å²) in [5.41, 5.74) is 9.31. The van der Waals surface area contributed by atoms with Gasteiger partial charge in [0.15, 0.2) is 0 Å². The quantitative estimate of drug-likeness (QED) is 0.596. The van der Waals surface area contributed by atoms with Gasteiger partial charge in [-0.1, -0.05) is 44.2 Å². The van der Waals surface area contributed by atoms with Crippen LogP contribution in [0.1, 0.15) is 36.2 Å². The van der Waals surface area contributed by atoms with Gasteiger partial charge in [0.2, 0.25) is 5.91 Å². The Morgan fingerprint density at radius 2 is 1.66 bits per heavy atom. The van der Waals surface area contributed by atoms with E-state index in [4.69, 9.17) is 15.6 Å². The third-order valence-electron chi connectivity index (χ3n) is 3.90. The number of carboxylic acids is 1. The number of halogens is 3. The van der Waals surface area contributed by atoms with Crippen LogP contribution >= 0.6 is 0 Å².